The van der Waals surface area contributed by atoms with Gasteiger partial charge in [0.05, 0.1) is 10.6 Å². The Kier molecular flexibility index (Phi) is 8.69. The van der Waals surface area contributed by atoms with Gasteiger partial charge < -0.3 is 10.6 Å². The van der Waals surface area contributed by atoms with Crippen molar-refractivity contribution in [1.29, 1.82) is 0 Å². The number of anilines is 4. The van der Waals surface area contributed by atoms with E-state index >= 15 is 0 Å². The standard InChI is InChI=1S/C21H25N5O2S2.ClH/c1-14(2)15-5-7-16(8-6-15)25-20-12-21(24-13-23-20)26-18-11-17(30(27,28)22-3)9-10-19(18)29-4;/h5-14,22H,1-4H3,(H2,23,24,25,26);1H. The molecule has 0 unspecified atom stereocenters. The summed E-state index contributed by atoms with van der Waals surface area (Å²) in [4.78, 5) is 9.63. The Labute approximate surface area is 193 Å². The molecule has 1 aromatic heterocycles. The Balaban J connectivity index is 0.00000341. The summed E-state index contributed by atoms with van der Waals surface area (Å²) in [6, 6.07) is 14.9. The molecule has 0 saturated heterocycles. The van der Waals surface area contributed by atoms with Gasteiger partial charge in [0, 0.05) is 16.6 Å². The van der Waals surface area contributed by atoms with Crippen LogP contribution in [0.15, 0.2) is 64.6 Å². The predicted molar refractivity (Wildman–Crippen MR) is 131 cm³/mol. The normalized spacial score (nSPS) is 11.1. The molecule has 166 valence electrons. The topological polar surface area (TPSA) is 96.0 Å². The number of hydrogen-bond donors (Lipinski definition) is 3. The molecule has 0 aliphatic heterocycles. The minimum atomic E-state index is -3.54. The highest BCUT2D eigenvalue weighted by molar-refractivity contribution is 7.98. The van der Waals surface area contributed by atoms with Gasteiger partial charge in [-0.3, -0.25) is 0 Å². The van der Waals surface area contributed by atoms with Crippen molar-refractivity contribution in [3.05, 3.63) is 60.4 Å². The molecule has 0 saturated carbocycles. The van der Waals surface area contributed by atoms with E-state index in [0.717, 1.165) is 10.6 Å². The van der Waals surface area contributed by atoms with Gasteiger partial charge in [-0.1, -0.05) is 26.0 Å². The maximum absolute atomic E-state index is 12.1. The van der Waals surface area contributed by atoms with E-state index in [2.05, 4.69) is 51.3 Å². The van der Waals surface area contributed by atoms with Gasteiger partial charge in [0.1, 0.15) is 18.0 Å². The SMILES string of the molecule is CNS(=O)(=O)c1ccc(SC)c(Nc2cc(Nc3ccc(C(C)C)cc3)ncn2)c1.Cl. The average Bonchev–Trinajstić information content (AvgIpc) is 2.74. The van der Waals surface area contributed by atoms with Gasteiger partial charge in [0.25, 0.3) is 0 Å². The van der Waals surface area contributed by atoms with E-state index in [1.807, 2.05) is 18.4 Å². The summed E-state index contributed by atoms with van der Waals surface area (Å²) in [5, 5.41) is 6.47. The third-order valence-corrected chi connectivity index (χ3v) is 6.74. The van der Waals surface area contributed by atoms with Gasteiger partial charge in [-0.05, 0) is 55.1 Å². The lowest BCUT2D eigenvalue weighted by molar-refractivity contribution is 0.588. The summed E-state index contributed by atoms with van der Waals surface area (Å²) in [5.74, 6) is 1.66. The van der Waals surface area contributed by atoms with Crippen molar-refractivity contribution >= 4 is 57.2 Å². The zero-order chi connectivity index (χ0) is 21.7. The van der Waals surface area contributed by atoms with Crippen molar-refractivity contribution in [3.8, 4) is 0 Å². The van der Waals surface area contributed by atoms with Crippen LogP contribution < -0.4 is 15.4 Å². The van der Waals surface area contributed by atoms with Crippen molar-refractivity contribution in [2.45, 2.75) is 29.6 Å². The molecule has 7 nitrogen and oxygen atoms in total. The molecule has 3 aromatic rings. The molecular weight excluding hydrogens is 454 g/mol. The smallest absolute Gasteiger partial charge is 0.240 e. The number of rotatable bonds is 8. The van der Waals surface area contributed by atoms with E-state index in [4.69, 9.17) is 0 Å². The highest BCUT2D eigenvalue weighted by Gasteiger charge is 2.14. The van der Waals surface area contributed by atoms with Crippen molar-refractivity contribution < 1.29 is 8.42 Å². The highest BCUT2D eigenvalue weighted by Crippen LogP contribution is 2.30. The largest absolute Gasteiger partial charge is 0.340 e. The minimum Gasteiger partial charge on any atom is -0.340 e. The molecule has 10 heteroatoms. The zero-order valence-electron chi connectivity index (χ0n) is 17.7. The predicted octanol–water partition coefficient (Wildman–Crippen LogP) is 5.14. The Morgan fingerprint density at radius 3 is 2.16 bits per heavy atom. The third-order valence-electron chi connectivity index (χ3n) is 4.53. The fraction of sp³-hybridized carbons (Fsp3) is 0.238. The second-order valence-electron chi connectivity index (χ2n) is 6.88. The molecule has 0 atom stereocenters. The van der Waals surface area contributed by atoms with E-state index in [1.54, 1.807) is 24.3 Å². The summed E-state index contributed by atoms with van der Waals surface area (Å²) in [6.07, 6.45) is 3.39. The van der Waals surface area contributed by atoms with Crippen molar-refractivity contribution in [2.75, 3.05) is 23.9 Å². The van der Waals surface area contributed by atoms with Gasteiger partial charge in [-0.2, -0.15) is 0 Å². The molecule has 0 spiro atoms. The minimum absolute atomic E-state index is 0. The van der Waals surface area contributed by atoms with Crippen LogP contribution in [0.4, 0.5) is 23.0 Å². The van der Waals surface area contributed by atoms with Crippen molar-refractivity contribution in [3.63, 3.8) is 0 Å². The van der Waals surface area contributed by atoms with Gasteiger partial charge in [-0.15, -0.1) is 24.2 Å². The van der Waals surface area contributed by atoms with Crippen LogP contribution in [0.3, 0.4) is 0 Å². The first-order valence-electron chi connectivity index (χ1n) is 9.40. The lowest BCUT2D eigenvalue weighted by Crippen LogP contribution is -2.18. The molecule has 2 aromatic carbocycles. The second kappa shape index (κ2) is 10.8. The maximum atomic E-state index is 12.1. The summed E-state index contributed by atoms with van der Waals surface area (Å²) in [6.45, 7) is 4.31. The average molecular weight is 480 g/mol. The number of nitrogens with one attached hydrogen (secondary N) is 3. The number of nitrogens with zero attached hydrogens (tertiary/aromatic N) is 2. The monoisotopic (exact) mass is 479 g/mol. The number of hydrogen-bond acceptors (Lipinski definition) is 7. The molecule has 3 N–H and O–H groups in total. The van der Waals surface area contributed by atoms with E-state index in [-0.39, 0.29) is 17.3 Å². The summed E-state index contributed by atoms with van der Waals surface area (Å²) in [5.41, 5.74) is 2.85. The number of halogens is 1. The first-order valence-corrected chi connectivity index (χ1v) is 12.1. The van der Waals surface area contributed by atoms with Crippen LogP contribution in [0.5, 0.6) is 0 Å². The van der Waals surface area contributed by atoms with Gasteiger partial charge in [0.15, 0.2) is 0 Å². The van der Waals surface area contributed by atoms with Crippen LogP contribution in [0.1, 0.15) is 25.3 Å². The Bertz CT molecular complexity index is 1120. The fourth-order valence-electron chi connectivity index (χ4n) is 2.80. The molecular formula is C21H26ClN5O2S2. The van der Waals surface area contributed by atoms with Crippen LogP contribution in [-0.4, -0.2) is 31.7 Å². The van der Waals surface area contributed by atoms with E-state index in [1.165, 1.54) is 30.7 Å². The zero-order valence-corrected chi connectivity index (χ0v) is 20.2. The van der Waals surface area contributed by atoms with Crippen LogP contribution in [0.25, 0.3) is 0 Å². The lowest BCUT2D eigenvalue weighted by Gasteiger charge is -2.13. The Hall–Kier alpha value is -2.33. The second-order valence-corrected chi connectivity index (χ2v) is 9.62. The molecule has 0 aliphatic rings. The van der Waals surface area contributed by atoms with E-state index in [0.29, 0.717) is 23.2 Å². The summed E-state index contributed by atoms with van der Waals surface area (Å²) in [7, 11) is -2.15. The van der Waals surface area contributed by atoms with E-state index < -0.39 is 10.0 Å². The number of aromatic nitrogens is 2. The number of benzene rings is 2. The molecule has 31 heavy (non-hydrogen) atoms. The molecule has 1 heterocycles. The quantitative estimate of drug-likeness (QED) is 0.385. The molecule has 0 aliphatic carbocycles. The molecule has 3 rings (SSSR count). The lowest BCUT2D eigenvalue weighted by atomic mass is 10.0. The van der Waals surface area contributed by atoms with Crippen LogP contribution in [0, 0.1) is 0 Å². The van der Waals surface area contributed by atoms with Gasteiger partial charge >= 0.3 is 0 Å². The van der Waals surface area contributed by atoms with Gasteiger partial charge in [0.2, 0.25) is 10.0 Å². The fourth-order valence-corrected chi connectivity index (χ4v) is 4.09. The molecule has 0 bridgehead atoms. The Morgan fingerprint density at radius 1 is 0.935 bits per heavy atom. The maximum Gasteiger partial charge on any atom is 0.240 e. The van der Waals surface area contributed by atoms with Crippen molar-refractivity contribution in [1.82, 2.24) is 14.7 Å². The summed E-state index contributed by atoms with van der Waals surface area (Å²) >= 11 is 1.52. The first kappa shape index (κ1) is 24.9. The number of sulfonamides is 1. The van der Waals surface area contributed by atoms with Gasteiger partial charge in [-0.25, -0.2) is 23.1 Å². The molecule has 0 fully saturated rings. The molecule has 0 radical (unpaired) electrons. The number of thioether (sulfide) groups is 1. The summed E-state index contributed by atoms with van der Waals surface area (Å²) < 4.78 is 26.6. The highest BCUT2D eigenvalue weighted by atomic mass is 35.5. The first-order chi connectivity index (χ1) is 14.3. The van der Waals surface area contributed by atoms with E-state index in [9.17, 15) is 8.42 Å². The molecule has 0 amide bonds. The Morgan fingerprint density at radius 2 is 1.58 bits per heavy atom. The van der Waals surface area contributed by atoms with Crippen LogP contribution in [0.2, 0.25) is 0 Å². The third kappa shape index (κ3) is 6.33. The van der Waals surface area contributed by atoms with Crippen molar-refractivity contribution in [2.24, 2.45) is 0 Å². The van der Waals surface area contributed by atoms with Crippen LogP contribution in [-0.2, 0) is 10.0 Å². The van der Waals surface area contributed by atoms with Crippen LogP contribution >= 0.6 is 24.2 Å².